The molecule has 0 radical (unpaired) electrons. The third-order valence-electron chi connectivity index (χ3n) is 0. The molecule has 0 heterocycles. The van der Waals surface area contributed by atoms with E-state index in [4.69, 9.17) is 10.8 Å². The minimum atomic E-state index is 0. The summed E-state index contributed by atoms with van der Waals surface area (Å²) in [7, 11) is 0. The molecule has 4 nitrogen and oxygen atoms in total. The van der Waals surface area contributed by atoms with Gasteiger partial charge >= 0.3 is 63.8 Å². The van der Waals surface area contributed by atoms with Crippen molar-refractivity contribution in [3.05, 3.63) is 0 Å². The van der Waals surface area contributed by atoms with Crippen LogP contribution in [0.4, 0.5) is 0 Å². The van der Waals surface area contributed by atoms with Crippen molar-refractivity contribution in [2.24, 2.45) is 11.5 Å². The van der Waals surface area contributed by atoms with Crippen LogP contribution in [-0.2, 0) is 0 Å². The van der Waals surface area contributed by atoms with Gasteiger partial charge in [-0.15, -0.1) is 34.0 Å². The van der Waals surface area contributed by atoms with E-state index in [1.165, 1.54) is 0 Å². The van der Waals surface area contributed by atoms with Crippen LogP contribution in [0.15, 0.2) is 0 Å². The van der Waals surface area contributed by atoms with E-state index in [1.54, 1.807) is 0 Å². The molecule has 0 aromatic heterocycles. The number of nitrogens with one attached hydrogen (secondary N) is 2. The Labute approximate surface area is 104 Å². The summed E-state index contributed by atoms with van der Waals surface area (Å²) in [5, 5.41) is 12.5. The van der Waals surface area contributed by atoms with Gasteiger partial charge in [0.2, 0.25) is 0 Å². The number of rotatable bonds is 0. The predicted octanol–water partition coefficient (Wildman–Crippen LogP) is -0.647. The van der Waals surface area contributed by atoms with E-state index in [0.717, 1.165) is 0 Å². The normalized spacial score (nSPS) is 4.55. The topological polar surface area (TPSA) is 99.7 Å². The maximum absolute atomic E-state index is 6.25. The first kappa shape index (κ1) is 29.7. The Morgan fingerprint density at radius 2 is 0.909 bits per heavy atom. The summed E-state index contributed by atoms with van der Waals surface area (Å²) >= 11 is 3.79. The molecule has 0 aromatic carbocycles. The quantitative estimate of drug-likeness (QED) is 0.236. The fourth-order valence-corrected chi connectivity index (χ4v) is 0. The summed E-state index contributed by atoms with van der Waals surface area (Å²) in [5.74, 6) is 0. The Kier molecular flexibility index (Phi) is 60.5. The first-order chi connectivity index (χ1) is 3.46. The SMILES string of the molecule is Br.Br.C.N=C(N)[SeH].N=C(N)[SeH]. The van der Waals surface area contributed by atoms with Crippen molar-refractivity contribution >= 4 is 75.5 Å². The van der Waals surface area contributed by atoms with E-state index in [2.05, 4.69) is 11.5 Å². The molecule has 6 N–H and O–H groups in total. The Hall–Kier alpha value is 0.939. The van der Waals surface area contributed by atoms with Crippen molar-refractivity contribution in [3.63, 3.8) is 0 Å². The Morgan fingerprint density at radius 1 is 0.909 bits per heavy atom. The second-order valence-electron chi connectivity index (χ2n) is 0.770. The summed E-state index contributed by atoms with van der Waals surface area (Å²) in [6.07, 6.45) is 0. The molecular formula is C3H14Br2N4Se2. The van der Waals surface area contributed by atoms with Crippen molar-refractivity contribution in [2.45, 2.75) is 7.43 Å². The Morgan fingerprint density at radius 3 is 0.909 bits per heavy atom. The standard InChI is InChI=1S/2CH4N2Se.CH4.2BrH/c2*2-1(3)4;;;/h2*(H4,2,3,4);1H4;2*1H. The van der Waals surface area contributed by atoms with Crippen LogP contribution >= 0.6 is 34.0 Å². The number of amidine groups is 2. The molecule has 8 heteroatoms. The number of hydrogen-bond donors (Lipinski definition) is 4. The van der Waals surface area contributed by atoms with Crippen molar-refractivity contribution in [1.82, 2.24) is 0 Å². The molecule has 0 aliphatic carbocycles. The molecule has 0 spiro atoms. The summed E-state index contributed by atoms with van der Waals surface area (Å²) in [6, 6.07) is 0. The molecule has 0 saturated heterocycles. The molecule has 0 rings (SSSR count). The van der Waals surface area contributed by atoms with Crippen LogP contribution in [0.3, 0.4) is 0 Å². The molecule has 0 fully saturated rings. The molecule has 0 bridgehead atoms. The van der Waals surface area contributed by atoms with E-state index in [0.29, 0.717) is 0 Å². The first-order valence-corrected chi connectivity index (χ1v) is 3.40. The van der Waals surface area contributed by atoms with Gasteiger partial charge in [0.25, 0.3) is 0 Å². The zero-order chi connectivity index (χ0) is 7.15. The summed E-state index contributed by atoms with van der Waals surface area (Å²) < 4.78 is 0.208. The second-order valence-corrected chi connectivity index (χ2v) is 2.79. The van der Waals surface area contributed by atoms with Crippen LogP contribution in [-0.4, -0.2) is 41.5 Å². The van der Waals surface area contributed by atoms with Crippen LogP contribution in [0.1, 0.15) is 7.43 Å². The molecule has 0 atom stereocenters. The van der Waals surface area contributed by atoms with Crippen LogP contribution in [0, 0.1) is 10.8 Å². The van der Waals surface area contributed by atoms with Crippen LogP contribution in [0.2, 0.25) is 0 Å². The predicted molar refractivity (Wildman–Crippen MR) is 65.5 cm³/mol. The second kappa shape index (κ2) is 22.4. The van der Waals surface area contributed by atoms with E-state index < -0.39 is 0 Å². The Balaban J connectivity index is -0.0000000171. The molecule has 0 aliphatic heterocycles. The number of nitrogens with two attached hydrogens (primary N) is 2. The minimum absolute atomic E-state index is 0. The zero-order valence-electron chi connectivity index (χ0n) is 4.87. The van der Waals surface area contributed by atoms with Gasteiger partial charge in [0.05, 0.1) is 0 Å². The van der Waals surface area contributed by atoms with Crippen molar-refractivity contribution < 1.29 is 0 Å². The van der Waals surface area contributed by atoms with Gasteiger partial charge < -0.3 is 0 Å². The van der Waals surface area contributed by atoms with Crippen molar-refractivity contribution in [2.75, 3.05) is 0 Å². The van der Waals surface area contributed by atoms with Crippen molar-refractivity contribution in [1.29, 1.82) is 10.8 Å². The molecule has 0 amide bonds. The van der Waals surface area contributed by atoms with Gasteiger partial charge in [-0.1, -0.05) is 7.43 Å². The summed E-state index contributed by atoms with van der Waals surface area (Å²) in [5.41, 5.74) is 9.33. The van der Waals surface area contributed by atoms with Gasteiger partial charge in [0, 0.05) is 0 Å². The van der Waals surface area contributed by atoms with Gasteiger partial charge in [0.1, 0.15) is 0 Å². The molecule has 0 aliphatic rings. The fraction of sp³-hybridized carbons (Fsp3) is 0.333. The fourth-order valence-electron chi connectivity index (χ4n) is 0. The molecule has 72 valence electrons. The molecular weight excluding hydrogens is 410 g/mol. The average Bonchev–Trinajstić information content (AvgIpc) is 1.25. The summed E-state index contributed by atoms with van der Waals surface area (Å²) in [4.78, 5) is 0. The van der Waals surface area contributed by atoms with Crippen LogP contribution in [0.25, 0.3) is 0 Å². The van der Waals surface area contributed by atoms with E-state index in [9.17, 15) is 0 Å². The number of halogens is 2. The molecule has 0 unspecified atom stereocenters. The maximum atomic E-state index is 6.25. The van der Waals surface area contributed by atoms with Gasteiger partial charge in [0.15, 0.2) is 0 Å². The van der Waals surface area contributed by atoms with E-state index >= 15 is 0 Å². The van der Waals surface area contributed by atoms with Gasteiger partial charge in [-0.25, -0.2) is 0 Å². The average molecular weight is 424 g/mol. The van der Waals surface area contributed by atoms with Crippen LogP contribution < -0.4 is 11.5 Å². The molecule has 0 saturated carbocycles. The number of hydrogen-bond acceptors (Lipinski definition) is 2. The summed E-state index contributed by atoms with van der Waals surface area (Å²) in [6.45, 7) is 0. The van der Waals surface area contributed by atoms with Gasteiger partial charge in [-0.3, -0.25) is 0 Å². The molecule has 0 aromatic rings. The van der Waals surface area contributed by atoms with Crippen molar-refractivity contribution in [3.8, 4) is 0 Å². The third kappa shape index (κ3) is 991. The zero-order valence-corrected chi connectivity index (χ0v) is 12.0. The van der Waals surface area contributed by atoms with Gasteiger partial charge in [-0.2, -0.15) is 0 Å². The van der Waals surface area contributed by atoms with E-state index in [1.807, 2.05) is 32.0 Å². The monoisotopic (exact) mass is 424 g/mol. The van der Waals surface area contributed by atoms with Crippen LogP contribution in [0.5, 0.6) is 0 Å². The molecule has 11 heavy (non-hydrogen) atoms. The van der Waals surface area contributed by atoms with Gasteiger partial charge in [-0.05, 0) is 0 Å². The first-order valence-electron chi connectivity index (χ1n) is 1.52. The third-order valence-corrected chi connectivity index (χ3v) is 0. The van der Waals surface area contributed by atoms with E-state index in [-0.39, 0.29) is 50.9 Å². The Bertz CT molecular complexity index is 79.3.